The normalized spacial score (nSPS) is 18.9. The van der Waals surface area contributed by atoms with Gasteiger partial charge in [0.2, 0.25) is 0 Å². The van der Waals surface area contributed by atoms with Gasteiger partial charge in [0, 0.05) is 37.5 Å². The highest BCUT2D eigenvalue weighted by molar-refractivity contribution is 6.07. The first-order chi connectivity index (χ1) is 15.7. The summed E-state index contributed by atoms with van der Waals surface area (Å²) in [5.74, 6) is -0.850. The fraction of sp³-hybridized carbons (Fsp3) is 0.391. The van der Waals surface area contributed by atoms with E-state index in [0.717, 1.165) is 4.90 Å². The first kappa shape index (κ1) is 24.0. The van der Waals surface area contributed by atoms with Crippen molar-refractivity contribution in [1.82, 2.24) is 14.8 Å². The second kappa shape index (κ2) is 10.3. The number of nitrogens with one attached hydrogen (secondary N) is 1. The van der Waals surface area contributed by atoms with Gasteiger partial charge in [0.05, 0.1) is 30.4 Å². The van der Waals surface area contributed by atoms with Gasteiger partial charge in [0.15, 0.2) is 5.75 Å². The molecular weight excluding hydrogens is 428 g/mol. The molecule has 2 heterocycles. The van der Waals surface area contributed by atoms with Gasteiger partial charge in [-0.15, -0.1) is 0 Å². The van der Waals surface area contributed by atoms with E-state index in [1.54, 1.807) is 42.2 Å². The molecule has 0 saturated carbocycles. The van der Waals surface area contributed by atoms with Crippen LogP contribution in [-0.4, -0.2) is 81.8 Å². The average molecular weight is 456 g/mol. The van der Waals surface area contributed by atoms with Gasteiger partial charge < -0.3 is 30.1 Å². The van der Waals surface area contributed by atoms with E-state index in [-0.39, 0.29) is 48.5 Å². The summed E-state index contributed by atoms with van der Waals surface area (Å²) in [6, 6.07) is 7.50. The van der Waals surface area contributed by atoms with Gasteiger partial charge in [0.25, 0.3) is 11.8 Å². The second-order valence-electron chi connectivity index (χ2n) is 8.16. The summed E-state index contributed by atoms with van der Waals surface area (Å²) in [4.78, 5) is 44.1. The summed E-state index contributed by atoms with van der Waals surface area (Å²) in [7, 11) is 1.44. The third kappa shape index (κ3) is 5.40. The lowest BCUT2D eigenvalue weighted by Crippen LogP contribution is -2.50. The fourth-order valence-electron chi connectivity index (χ4n) is 3.61. The molecule has 1 aliphatic rings. The number of carboxylic acid groups (broad SMARTS) is 1. The number of fused-ring (bicyclic) bond motifs is 1. The summed E-state index contributed by atoms with van der Waals surface area (Å²) in [5, 5.41) is 21.8. The Bertz CT molecular complexity index is 1020. The van der Waals surface area contributed by atoms with Crippen molar-refractivity contribution < 1.29 is 29.3 Å². The van der Waals surface area contributed by atoms with E-state index in [1.165, 1.54) is 19.4 Å². The number of pyridine rings is 1. The van der Waals surface area contributed by atoms with Gasteiger partial charge in [-0.25, -0.2) is 4.79 Å². The molecule has 1 aromatic heterocycles. The number of ether oxygens (including phenoxy) is 1. The molecule has 0 radical (unpaired) electrons. The molecule has 33 heavy (non-hydrogen) atoms. The number of amides is 3. The lowest BCUT2D eigenvalue weighted by atomic mass is 9.99. The minimum Gasteiger partial charge on any atom is -0.485 e. The predicted molar refractivity (Wildman–Crippen MR) is 120 cm³/mol. The van der Waals surface area contributed by atoms with Gasteiger partial charge in [-0.05, 0) is 31.2 Å². The Morgan fingerprint density at radius 1 is 1.30 bits per heavy atom. The van der Waals surface area contributed by atoms with Gasteiger partial charge in [-0.3, -0.25) is 14.6 Å². The summed E-state index contributed by atoms with van der Waals surface area (Å²) < 4.78 is 6.23. The summed E-state index contributed by atoms with van der Waals surface area (Å²) in [5.41, 5.74) is 0.889. The van der Waals surface area contributed by atoms with Crippen LogP contribution in [0, 0.1) is 5.92 Å². The molecule has 1 aliphatic heterocycles. The van der Waals surface area contributed by atoms with E-state index < -0.39 is 24.1 Å². The van der Waals surface area contributed by atoms with Crippen LogP contribution in [0.15, 0.2) is 42.7 Å². The first-order valence-corrected chi connectivity index (χ1v) is 10.6. The van der Waals surface area contributed by atoms with Crippen LogP contribution in [0.2, 0.25) is 0 Å². The average Bonchev–Trinajstić information content (AvgIpc) is 2.81. The lowest BCUT2D eigenvalue weighted by Gasteiger charge is -2.38. The second-order valence-corrected chi connectivity index (χ2v) is 8.16. The Labute approximate surface area is 191 Å². The summed E-state index contributed by atoms with van der Waals surface area (Å²) in [6.07, 6.45) is 1.28. The molecular formula is C23H28N4O6. The molecule has 0 bridgehead atoms. The van der Waals surface area contributed by atoms with Crippen LogP contribution >= 0.6 is 0 Å². The van der Waals surface area contributed by atoms with Crippen LogP contribution in [0.1, 0.15) is 34.6 Å². The zero-order chi connectivity index (χ0) is 24.1. The van der Waals surface area contributed by atoms with Crippen LogP contribution in [-0.2, 0) is 0 Å². The molecule has 3 amide bonds. The van der Waals surface area contributed by atoms with Crippen LogP contribution < -0.4 is 10.1 Å². The number of para-hydroxylation sites is 1. The molecule has 0 saturated heterocycles. The maximum absolute atomic E-state index is 13.4. The number of likely N-dealkylation sites (N-methyl/N-ethyl adjacent to an activating group) is 1. The highest BCUT2D eigenvalue weighted by Gasteiger charge is 2.35. The molecule has 0 spiro atoms. The van der Waals surface area contributed by atoms with Crippen molar-refractivity contribution in [2.24, 2.45) is 5.92 Å². The van der Waals surface area contributed by atoms with Crippen molar-refractivity contribution in [3.05, 3.63) is 53.9 Å². The van der Waals surface area contributed by atoms with Crippen LogP contribution in [0.3, 0.4) is 0 Å². The van der Waals surface area contributed by atoms with Crippen molar-refractivity contribution in [2.75, 3.05) is 32.1 Å². The van der Waals surface area contributed by atoms with Crippen LogP contribution in [0.5, 0.6) is 5.75 Å². The van der Waals surface area contributed by atoms with Crippen molar-refractivity contribution >= 4 is 23.6 Å². The van der Waals surface area contributed by atoms with E-state index in [4.69, 9.17) is 4.74 Å². The molecule has 0 unspecified atom stereocenters. The number of anilines is 1. The van der Waals surface area contributed by atoms with Crippen molar-refractivity contribution in [3.63, 3.8) is 0 Å². The molecule has 10 heteroatoms. The number of nitrogens with zero attached hydrogens (tertiary/aromatic N) is 3. The Balaban J connectivity index is 2.04. The van der Waals surface area contributed by atoms with Crippen LogP contribution in [0.4, 0.5) is 10.5 Å². The van der Waals surface area contributed by atoms with Gasteiger partial charge in [-0.2, -0.15) is 0 Å². The number of aliphatic hydroxyl groups excluding tert-OH is 1. The van der Waals surface area contributed by atoms with E-state index in [9.17, 15) is 24.6 Å². The fourth-order valence-corrected chi connectivity index (χ4v) is 3.61. The van der Waals surface area contributed by atoms with E-state index in [0.29, 0.717) is 5.56 Å². The highest BCUT2D eigenvalue weighted by atomic mass is 16.5. The Morgan fingerprint density at radius 2 is 2.00 bits per heavy atom. The molecule has 3 N–H and O–H groups in total. The largest absolute Gasteiger partial charge is 0.485 e. The number of rotatable bonds is 6. The molecule has 0 aliphatic carbocycles. The standard InChI is InChI=1S/C23H28N4O6/c1-14-11-27(15(2)13-28)22(30)17-5-4-6-18(25-21(29)16-7-9-24-10-8-16)20(17)33-19(14)12-26(3)23(31)32/h4-10,14-15,19,28H,11-13H2,1-3H3,(H,25,29)(H,31,32)/t14-,15+,19+/m1/s1. The molecule has 3 rings (SSSR count). The molecule has 176 valence electrons. The number of hydrogen-bond donors (Lipinski definition) is 3. The topological polar surface area (TPSA) is 132 Å². The Kier molecular flexibility index (Phi) is 7.49. The number of aliphatic hydroxyl groups is 1. The smallest absolute Gasteiger partial charge is 0.407 e. The van der Waals surface area contributed by atoms with E-state index >= 15 is 0 Å². The Morgan fingerprint density at radius 3 is 2.64 bits per heavy atom. The number of hydrogen-bond acceptors (Lipinski definition) is 6. The van der Waals surface area contributed by atoms with E-state index in [2.05, 4.69) is 10.3 Å². The zero-order valence-corrected chi connectivity index (χ0v) is 18.8. The summed E-state index contributed by atoms with van der Waals surface area (Å²) >= 11 is 0. The minimum absolute atomic E-state index is 0.0537. The number of carbonyl (C=O) groups excluding carboxylic acids is 2. The summed E-state index contributed by atoms with van der Waals surface area (Å²) in [6.45, 7) is 3.69. The minimum atomic E-state index is -1.11. The van der Waals surface area contributed by atoms with Crippen LogP contribution in [0.25, 0.3) is 0 Å². The number of benzene rings is 1. The number of aromatic nitrogens is 1. The van der Waals surface area contributed by atoms with Crippen molar-refractivity contribution in [1.29, 1.82) is 0 Å². The third-order valence-corrected chi connectivity index (χ3v) is 5.66. The van der Waals surface area contributed by atoms with Gasteiger partial charge >= 0.3 is 6.09 Å². The SMILES string of the molecule is C[C@@H]1CN([C@@H](C)CO)C(=O)c2cccc(NC(=O)c3ccncc3)c2O[C@H]1CN(C)C(=O)O. The van der Waals surface area contributed by atoms with Crippen molar-refractivity contribution in [2.45, 2.75) is 26.0 Å². The van der Waals surface area contributed by atoms with Gasteiger partial charge in [-0.1, -0.05) is 13.0 Å². The van der Waals surface area contributed by atoms with E-state index in [1.807, 2.05) is 6.92 Å². The molecule has 1 aromatic carbocycles. The monoisotopic (exact) mass is 456 g/mol. The predicted octanol–water partition coefficient (Wildman–Crippen LogP) is 2.16. The number of carbonyl (C=O) groups is 3. The first-order valence-electron chi connectivity index (χ1n) is 10.6. The maximum atomic E-state index is 13.4. The Hall–Kier alpha value is -3.66. The molecule has 10 nitrogen and oxygen atoms in total. The lowest BCUT2D eigenvalue weighted by molar-refractivity contribution is 0.0349. The molecule has 3 atom stereocenters. The molecule has 2 aromatic rings. The maximum Gasteiger partial charge on any atom is 0.407 e. The third-order valence-electron chi connectivity index (χ3n) is 5.66. The quantitative estimate of drug-likeness (QED) is 0.607. The highest BCUT2D eigenvalue weighted by Crippen LogP contribution is 2.35. The van der Waals surface area contributed by atoms with Gasteiger partial charge in [0.1, 0.15) is 6.10 Å². The molecule has 0 fully saturated rings. The zero-order valence-electron chi connectivity index (χ0n) is 18.8. The van der Waals surface area contributed by atoms with Crippen molar-refractivity contribution in [3.8, 4) is 5.75 Å².